The Bertz CT molecular complexity index is 1660. The molecule has 2 amide bonds. The SMILES string of the molecule is CCOc1cccc(-c2ccc(C(=O)N3CCN(c4ccc(C(=O)NS(C)(=O)=O)cc4)CC3)c3ccccc23)c1. The zero-order valence-electron chi connectivity index (χ0n) is 22.5. The topological polar surface area (TPSA) is 96.0 Å². The lowest BCUT2D eigenvalue weighted by atomic mass is 9.94. The first-order valence-corrected chi connectivity index (χ1v) is 15.0. The number of sulfonamides is 1. The average molecular weight is 558 g/mol. The molecule has 0 aromatic heterocycles. The van der Waals surface area contributed by atoms with Gasteiger partial charge in [0.05, 0.1) is 12.9 Å². The number of carbonyl (C=O) groups is 2. The first kappa shape index (κ1) is 27.2. The van der Waals surface area contributed by atoms with Crippen LogP contribution >= 0.6 is 0 Å². The van der Waals surface area contributed by atoms with Gasteiger partial charge in [0.25, 0.3) is 11.8 Å². The summed E-state index contributed by atoms with van der Waals surface area (Å²) in [5.41, 5.74) is 3.94. The van der Waals surface area contributed by atoms with E-state index in [0.717, 1.165) is 39.6 Å². The molecule has 9 heteroatoms. The van der Waals surface area contributed by atoms with Crippen molar-refractivity contribution in [3.05, 3.63) is 96.1 Å². The van der Waals surface area contributed by atoms with Crippen LogP contribution in [0.25, 0.3) is 21.9 Å². The molecule has 0 atom stereocenters. The summed E-state index contributed by atoms with van der Waals surface area (Å²) in [6, 6.07) is 26.7. The van der Waals surface area contributed by atoms with E-state index in [2.05, 4.69) is 11.0 Å². The number of benzene rings is 4. The van der Waals surface area contributed by atoms with Crippen molar-refractivity contribution in [3.8, 4) is 16.9 Å². The van der Waals surface area contributed by atoms with Crippen molar-refractivity contribution in [2.24, 2.45) is 0 Å². The first-order chi connectivity index (χ1) is 19.2. The van der Waals surface area contributed by atoms with Gasteiger partial charge in [-0.15, -0.1) is 0 Å². The molecule has 4 aromatic rings. The van der Waals surface area contributed by atoms with Crippen LogP contribution in [-0.2, 0) is 10.0 Å². The van der Waals surface area contributed by atoms with Crippen molar-refractivity contribution in [1.29, 1.82) is 0 Å². The normalized spacial score (nSPS) is 13.8. The summed E-state index contributed by atoms with van der Waals surface area (Å²) in [5.74, 6) is 0.150. The number of nitrogens with zero attached hydrogens (tertiary/aromatic N) is 2. The molecule has 206 valence electrons. The van der Waals surface area contributed by atoms with E-state index in [9.17, 15) is 18.0 Å². The Labute approximate surface area is 234 Å². The molecule has 40 heavy (non-hydrogen) atoms. The van der Waals surface area contributed by atoms with Crippen molar-refractivity contribution in [1.82, 2.24) is 9.62 Å². The molecule has 0 unspecified atom stereocenters. The van der Waals surface area contributed by atoms with E-state index in [1.807, 2.05) is 71.1 Å². The number of hydrogen-bond donors (Lipinski definition) is 1. The summed E-state index contributed by atoms with van der Waals surface area (Å²) >= 11 is 0. The zero-order chi connectivity index (χ0) is 28.3. The Kier molecular flexibility index (Phi) is 7.75. The van der Waals surface area contributed by atoms with Crippen molar-refractivity contribution in [2.45, 2.75) is 6.92 Å². The number of ether oxygens (including phenoxy) is 1. The highest BCUT2D eigenvalue weighted by Crippen LogP contribution is 2.33. The number of fused-ring (bicyclic) bond motifs is 1. The number of rotatable bonds is 7. The Morgan fingerprint density at radius 2 is 1.55 bits per heavy atom. The lowest BCUT2D eigenvalue weighted by Gasteiger charge is -2.36. The minimum absolute atomic E-state index is 0.00161. The third-order valence-electron chi connectivity index (χ3n) is 6.95. The van der Waals surface area contributed by atoms with Crippen molar-refractivity contribution in [2.75, 3.05) is 43.9 Å². The van der Waals surface area contributed by atoms with Crippen LogP contribution in [0, 0.1) is 0 Å². The molecule has 0 saturated carbocycles. The monoisotopic (exact) mass is 557 g/mol. The van der Waals surface area contributed by atoms with Crippen LogP contribution in [0.3, 0.4) is 0 Å². The molecule has 0 aliphatic carbocycles. The Balaban J connectivity index is 1.31. The van der Waals surface area contributed by atoms with E-state index in [0.29, 0.717) is 38.3 Å². The fourth-order valence-electron chi connectivity index (χ4n) is 5.05. The summed E-state index contributed by atoms with van der Waals surface area (Å²) in [6.45, 7) is 4.95. The maximum atomic E-state index is 13.7. The molecule has 5 rings (SSSR count). The quantitative estimate of drug-likeness (QED) is 0.358. The molecular weight excluding hydrogens is 526 g/mol. The summed E-state index contributed by atoms with van der Waals surface area (Å²) in [5, 5.41) is 1.93. The maximum Gasteiger partial charge on any atom is 0.264 e. The second-order valence-corrected chi connectivity index (χ2v) is 11.4. The van der Waals surface area contributed by atoms with Crippen LogP contribution in [0.15, 0.2) is 84.9 Å². The van der Waals surface area contributed by atoms with E-state index in [-0.39, 0.29) is 11.5 Å². The van der Waals surface area contributed by atoms with Crippen molar-refractivity contribution in [3.63, 3.8) is 0 Å². The van der Waals surface area contributed by atoms with Gasteiger partial charge in [0.15, 0.2) is 0 Å². The molecule has 1 saturated heterocycles. The number of carbonyl (C=O) groups excluding carboxylic acids is 2. The van der Waals surface area contributed by atoms with E-state index >= 15 is 0 Å². The molecule has 8 nitrogen and oxygen atoms in total. The van der Waals surface area contributed by atoms with Gasteiger partial charge in [0, 0.05) is 43.0 Å². The summed E-state index contributed by atoms with van der Waals surface area (Å²) in [6.07, 6.45) is 0.943. The van der Waals surface area contributed by atoms with Gasteiger partial charge in [-0.1, -0.05) is 42.5 Å². The molecule has 0 radical (unpaired) electrons. The summed E-state index contributed by atoms with van der Waals surface area (Å²) < 4.78 is 30.3. The minimum atomic E-state index is -3.63. The van der Waals surface area contributed by atoms with Crippen LogP contribution < -0.4 is 14.4 Å². The fraction of sp³-hybridized carbons (Fsp3) is 0.226. The van der Waals surface area contributed by atoms with E-state index in [1.54, 1.807) is 24.3 Å². The van der Waals surface area contributed by atoms with E-state index in [1.165, 1.54) is 0 Å². The van der Waals surface area contributed by atoms with Crippen LogP contribution in [0.2, 0.25) is 0 Å². The van der Waals surface area contributed by atoms with E-state index in [4.69, 9.17) is 4.74 Å². The van der Waals surface area contributed by atoms with Crippen LogP contribution in [0.5, 0.6) is 5.75 Å². The van der Waals surface area contributed by atoms with Crippen molar-refractivity contribution < 1.29 is 22.7 Å². The second kappa shape index (κ2) is 11.4. The van der Waals surface area contributed by atoms with Gasteiger partial charge in [-0.3, -0.25) is 9.59 Å². The lowest BCUT2D eigenvalue weighted by molar-refractivity contribution is 0.0748. The van der Waals surface area contributed by atoms with Gasteiger partial charge in [-0.2, -0.15) is 0 Å². The molecule has 1 N–H and O–H groups in total. The van der Waals surface area contributed by atoms with Crippen LogP contribution in [0.4, 0.5) is 5.69 Å². The lowest BCUT2D eigenvalue weighted by Crippen LogP contribution is -2.48. The van der Waals surface area contributed by atoms with Gasteiger partial charge in [-0.25, -0.2) is 13.1 Å². The smallest absolute Gasteiger partial charge is 0.264 e. The van der Waals surface area contributed by atoms with Crippen LogP contribution in [-0.4, -0.2) is 64.2 Å². The Hall–Kier alpha value is -4.37. The Morgan fingerprint density at radius 1 is 0.850 bits per heavy atom. The average Bonchev–Trinajstić information content (AvgIpc) is 2.96. The number of nitrogens with one attached hydrogen (secondary N) is 1. The highest BCUT2D eigenvalue weighted by Gasteiger charge is 2.24. The van der Waals surface area contributed by atoms with Gasteiger partial charge < -0.3 is 14.5 Å². The number of amides is 2. The fourth-order valence-corrected chi connectivity index (χ4v) is 5.50. The molecule has 0 spiro atoms. The summed E-state index contributed by atoms with van der Waals surface area (Å²) in [7, 11) is -3.63. The summed E-state index contributed by atoms with van der Waals surface area (Å²) in [4.78, 5) is 29.8. The number of piperazine rings is 1. The van der Waals surface area contributed by atoms with Gasteiger partial charge >= 0.3 is 0 Å². The van der Waals surface area contributed by atoms with Crippen molar-refractivity contribution >= 4 is 38.3 Å². The number of hydrogen-bond acceptors (Lipinski definition) is 6. The van der Waals surface area contributed by atoms with E-state index < -0.39 is 15.9 Å². The highest BCUT2D eigenvalue weighted by atomic mass is 32.2. The maximum absolute atomic E-state index is 13.7. The molecule has 1 fully saturated rings. The molecule has 0 bridgehead atoms. The first-order valence-electron chi connectivity index (χ1n) is 13.1. The molecular formula is C31H31N3O5S. The van der Waals surface area contributed by atoms with Crippen LogP contribution in [0.1, 0.15) is 27.6 Å². The second-order valence-electron chi connectivity index (χ2n) is 9.70. The largest absolute Gasteiger partial charge is 0.494 e. The Morgan fingerprint density at radius 3 is 2.23 bits per heavy atom. The van der Waals surface area contributed by atoms with Gasteiger partial charge in [-0.05, 0) is 71.3 Å². The van der Waals surface area contributed by atoms with Gasteiger partial charge in [0.2, 0.25) is 10.0 Å². The standard InChI is InChI=1S/C31H31N3O5S/c1-3-39-25-8-6-7-23(21-25)26-15-16-29(28-10-5-4-9-27(26)28)31(36)34-19-17-33(18-20-34)24-13-11-22(12-14-24)30(35)32-40(2,37)38/h4-16,21H,3,17-20H2,1-2H3,(H,32,35). The third-order valence-corrected chi connectivity index (χ3v) is 7.51. The van der Waals surface area contributed by atoms with Gasteiger partial charge in [0.1, 0.15) is 5.75 Å². The molecule has 1 aliphatic rings. The highest BCUT2D eigenvalue weighted by molar-refractivity contribution is 7.89. The third kappa shape index (κ3) is 5.94. The minimum Gasteiger partial charge on any atom is -0.494 e. The molecule has 1 heterocycles. The zero-order valence-corrected chi connectivity index (χ0v) is 23.3. The predicted octanol–water partition coefficient (Wildman–Crippen LogP) is 4.56. The predicted molar refractivity (Wildman–Crippen MR) is 157 cm³/mol. The molecule has 4 aromatic carbocycles. The molecule has 1 aliphatic heterocycles. The number of anilines is 1.